The molecule has 0 fully saturated rings. The highest BCUT2D eigenvalue weighted by molar-refractivity contribution is 5.75. The quantitative estimate of drug-likeness (QED) is 0.871. The van der Waals surface area contributed by atoms with Crippen LogP contribution in [0.1, 0.15) is 20.3 Å². The number of aromatic nitrogens is 4. The third kappa shape index (κ3) is 4.03. The molecule has 7 heteroatoms. The van der Waals surface area contributed by atoms with E-state index in [1.807, 2.05) is 57.1 Å². The summed E-state index contributed by atoms with van der Waals surface area (Å²) in [7, 11) is 3.97. The molecule has 1 amide bonds. The van der Waals surface area contributed by atoms with E-state index >= 15 is 0 Å². The Kier molecular flexibility index (Phi) is 5.08. The average Bonchev–Trinajstić information content (AvgIpc) is 2.95. The number of hydrogen-bond acceptors (Lipinski definition) is 5. The number of anilines is 1. The number of tetrazole rings is 1. The lowest BCUT2D eigenvalue weighted by Crippen LogP contribution is -2.35. The monoisotopic (exact) mass is 302 g/mol. The van der Waals surface area contributed by atoms with Crippen molar-refractivity contribution in [3.63, 3.8) is 0 Å². The van der Waals surface area contributed by atoms with E-state index in [1.165, 1.54) is 4.80 Å². The van der Waals surface area contributed by atoms with Crippen molar-refractivity contribution in [2.45, 2.75) is 32.9 Å². The minimum Gasteiger partial charge on any atom is -0.378 e. The van der Waals surface area contributed by atoms with Crippen molar-refractivity contribution in [1.29, 1.82) is 0 Å². The summed E-state index contributed by atoms with van der Waals surface area (Å²) in [6, 6.07) is 8.01. The normalized spacial score (nSPS) is 12.0. The molecule has 0 aliphatic heterocycles. The summed E-state index contributed by atoms with van der Waals surface area (Å²) in [5.41, 5.74) is 1.98. The molecule has 1 N–H and O–H groups in total. The number of carbonyl (C=O) groups excluding carboxylic acids is 1. The van der Waals surface area contributed by atoms with Gasteiger partial charge in [0.05, 0.1) is 0 Å². The van der Waals surface area contributed by atoms with Gasteiger partial charge in [-0.05, 0) is 42.8 Å². The Morgan fingerprint density at radius 1 is 1.32 bits per heavy atom. The number of carbonyl (C=O) groups is 1. The number of benzene rings is 1. The molecule has 1 unspecified atom stereocenters. The van der Waals surface area contributed by atoms with E-state index in [-0.39, 0.29) is 18.5 Å². The molecule has 22 heavy (non-hydrogen) atoms. The molecule has 1 aromatic carbocycles. The van der Waals surface area contributed by atoms with Gasteiger partial charge in [-0.2, -0.15) is 4.80 Å². The van der Waals surface area contributed by atoms with Crippen molar-refractivity contribution >= 4 is 11.6 Å². The van der Waals surface area contributed by atoms with Crippen LogP contribution in [0.4, 0.5) is 5.69 Å². The second-order valence-electron chi connectivity index (χ2n) is 5.46. The van der Waals surface area contributed by atoms with E-state index in [0.717, 1.165) is 17.7 Å². The number of nitrogens with one attached hydrogen (secondary N) is 1. The van der Waals surface area contributed by atoms with Crippen molar-refractivity contribution in [3.05, 3.63) is 24.3 Å². The predicted octanol–water partition coefficient (Wildman–Crippen LogP) is 1.32. The van der Waals surface area contributed by atoms with E-state index in [1.54, 1.807) is 0 Å². The van der Waals surface area contributed by atoms with Crippen molar-refractivity contribution in [2.24, 2.45) is 0 Å². The Labute approximate surface area is 130 Å². The smallest absolute Gasteiger partial charge is 0.243 e. The van der Waals surface area contributed by atoms with Crippen molar-refractivity contribution in [3.8, 4) is 11.4 Å². The maximum absolute atomic E-state index is 11.8. The topological polar surface area (TPSA) is 75.9 Å². The van der Waals surface area contributed by atoms with Gasteiger partial charge in [0.2, 0.25) is 11.7 Å². The summed E-state index contributed by atoms with van der Waals surface area (Å²) in [4.78, 5) is 15.1. The fourth-order valence-corrected chi connectivity index (χ4v) is 1.89. The lowest BCUT2D eigenvalue weighted by atomic mass is 10.2. The molecule has 1 atom stereocenters. The van der Waals surface area contributed by atoms with Crippen LogP contribution in [-0.4, -0.2) is 46.3 Å². The van der Waals surface area contributed by atoms with E-state index in [4.69, 9.17) is 0 Å². The molecule has 1 heterocycles. The van der Waals surface area contributed by atoms with Crippen LogP contribution in [0.3, 0.4) is 0 Å². The fraction of sp³-hybridized carbons (Fsp3) is 0.467. The zero-order valence-corrected chi connectivity index (χ0v) is 13.4. The summed E-state index contributed by atoms with van der Waals surface area (Å²) >= 11 is 0. The first-order valence-corrected chi connectivity index (χ1v) is 7.34. The maximum Gasteiger partial charge on any atom is 0.243 e. The molecule has 2 rings (SSSR count). The zero-order chi connectivity index (χ0) is 16.1. The van der Waals surface area contributed by atoms with Crippen molar-refractivity contribution in [1.82, 2.24) is 25.5 Å². The van der Waals surface area contributed by atoms with E-state index in [0.29, 0.717) is 5.82 Å². The van der Waals surface area contributed by atoms with Crippen LogP contribution >= 0.6 is 0 Å². The second-order valence-corrected chi connectivity index (χ2v) is 5.46. The lowest BCUT2D eigenvalue weighted by Gasteiger charge is -2.11. The van der Waals surface area contributed by atoms with Gasteiger partial charge in [0.25, 0.3) is 0 Å². The first-order chi connectivity index (χ1) is 10.5. The maximum atomic E-state index is 11.8. The van der Waals surface area contributed by atoms with Gasteiger partial charge in [0.1, 0.15) is 6.54 Å². The standard InChI is InChI=1S/C15H22N6O/c1-5-11(2)16-14(22)10-21-18-15(17-19-21)12-6-8-13(9-7-12)20(3)4/h6-9,11H,5,10H2,1-4H3,(H,16,22). The minimum absolute atomic E-state index is 0.0765. The molecule has 0 spiro atoms. The summed E-state index contributed by atoms with van der Waals surface area (Å²) in [5, 5.41) is 15.1. The largest absolute Gasteiger partial charge is 0.378 e. The molecular formula is C15H22N6O. The zero-order valence-electron chi connectivity index (χ0n) is 13.4. The van der Waals surface area contributed by atoms with Crippen LogP contribution in [0.2, 0.25) is 0 Å². The Morgan fingerprint density at radius 3 is 2.59 bits per heavy atom. The van der Waals surface area contributed by atoms with Crippen molar-refractivity contribution in [2.75, 3.05) is 19.0 Å². The number of nitrogens with zero attached hydrogens (tertiary/aromatic N) is 5. The Morgan fingerprint density at radius 2 is 2.00 bits per heavy atom. The third-order valence-electron chi connectivity index (χ3n) is 3.40. The van der Waals surface area contributed by atoms with E-state index in [9.17, 15) is 4.79 Å². The molecule has 118 valence electrons. The fourth-order valence-electron chi connectivity index (χ4n) is 1.89. The molecule has 1 aromatic heterocycles. The van der Waals surface area contributed by atoms with Crippen molar-refractivity contribution < 1.29 is 4.79 Å². The first kappa shape index (κ1) is 15.9. The van der Waals surface area contributed by atoms with Crippen LogP contribution in [0.25, 0.3) is 11.4 Å². The average molecular weight is 302 g/mol. The van der Waals surface area contributed by atoms with Crippen LogP contribution in [0, 0.1) is 0 Å². The Hall–Kier alpha value is -2.44. The molecule has 0 aliphatic carbocycles. The van der Waals surface area contributed by atoms with Gasteiger partial charge >= 0.3 is 0 Å². The van der Waals surface area contributed by atoms with Gasteiger partial charge in [0, 0.05) is 31.4 Å². The molecule has 0 saturated heterocycles. The third-order valence-corrected chi connectivity index (χ3v) is 3.40. The number of rotatable bonds is 6. The molecule has 0 aliphatic rings. The molecular weight excluding hydrogens is 280 g/mol. The highest BCUT2D eigenvalue weighted by Crippen LogP contribution is 2.18. The summed E-state index contributed by atoms with van der Waals surface area (Å²) in [5.74, 6) is 0.405. The van der Waals surface area contributed by atoms with Gasteiger partial charge in [-0.3, -0.25) is 4.79 Å². The summed E-state index contributed by atoms with van der Waals surface area (Å²) in [6.45, 7) is 4.06. The lowest BCUT2D eigenvalue weighted by molar-refractivity contribution is -0.122. The highest BCUT2D eigenvalue weighted by Gasteiger charge is 2.11. The van der Waals surface area contributed by atoms with Crippen LogP contribution < -0.4 is 10.2 Å². The molecule has 0 radical (unpaired) electrons. The second kappa shape index (κ2) is 7.02. The number of hydrogen-bond donors (Lipinski definition) is 1. The SMILES string of the molecule is CCC(C)NC(=O)Cn1nnc(-c2ccc(N(C)C)cc2)n1. The molecule has 0 saturated carbocycles. The summed E-state index contributed by atoms with van der Waals surface area (Å²) in [6.07, 6.45) is 0.889. The molecule has 2 aromatic rings. The van der Waals surface area contributed by atoms with Crippen LogP contribution in [0.15, 0.2) is 24.3 Å². The van der Waals surface area contributed by atoms with Crippen LogP contribution in [-0.2, 0) is 11.3 Å². The van der Waals surface area contributed by atoms with Gasteiger partial charge in [-0.1, -0.05) is 6.92 Å². The predicted molar refractivity (Wildman–Crippen MR) is 85.5 cm³/mol. The minimum atomic E-state index is -0.110. The van der Waals surface area contributed by atoms with Crippen LogP contribution in [0.5, 0.6) is 0 Å². The summed E-state index contributed by atoms with van der Waals surface area (Å²) < 4.78 is 0. The van der Waals surface area contributed by atoms with E-state index < -0.39 is 0 Å². The number of amides is 1. The first-order valence-electron chi connectivity index (χ1n) is 7.34. The van der Waals surface area contributed by atoms with Gasteiger partial charge in [0.15, 0.2) is 0 Å². The molecule has 7 nitrogen and oxygen atoms in total. The van der Waals surface area contributed by atoms with E-state index in [2.05, 4.69) is 20.7 Å². The van der Waals surface area contributed by atoms with Gasteiger partial charge < -0.3 is 10.2 Å². The van der Waals surface area contributed by atoms with Gasteiger partial charge in [-0.25, -0.2) is 0 Å². The van der Waals surface area contributed by atoms with Gasteiger partial charge in [-0.15, -0.1) is 10.2 Å². The Bertz CT molecular complexity index is 619. The molecule has 0 bridgehead atoms. The highest BCUT2D eigenvalue weighted by atomic mass is 16.2. The Balaban J connectivity index is 2.03.